The van der Waals surface area contributed by atoms with E-state index in [1.807, 2.05) is 24.9 Å². The van der Waals surface area contributed by atoms with Gasteiger partial charge in [0.05, 0.1) is 13.2 Å². The number of rotatable bonds is 5. The molecule has 6 heteroatoms. The predicted molar refractivity (Wildman–Crippen MR) is 81.5 cm³/mol. The van der Waals surface area contributed by atoms with Crippen LogP contribution in [-0.4, -0.2) is 55.5 Å². The van der Waals surface area contributed by atoms with Crippen molar-refractivity contribution in [2.45, 2.75) is 26.3 Å². The molecule has 6 nitrogen and oxygen atoms in total. The van der Waals surface area contributed by atoms with Gasteiger partial charge in [-0.2, -0.15) is 0 Å². The fraction of sp³-hybridized carbons (Fsp3) is 0.625. The molecule has 0 saturated carbocycles. The third kappa shape index (κ3) is 3.68. The van der Waals surface area contributed by atoms with Crippen molar-refractivity contribution in [2.24, 2.45) is 5.92 Å². The Labute approximate surface area is 131 Å². The van der Waals surface area contributed by atoms with Gasteiger partial charge in [-0.1, -0.05) is 0 Å². The highest BCUT2D eigenvalue weighted by molar-refractivity contribution is 5.86. The first-order valence-electron chi connectivity index (χ1n) is 7.56. The summed E-state index contributed by atoms with van der Waals surface area (Å²) in [6, 6.07) is 3.51. The van der Waals surface area contributed by atoms with Crippen LogP contribution in [0.25, 0.3) is 0 Å². The number of hydrogen-bond acceptors (Lipinski definition) is 5. The van der Waals surface area contributed by atoms with E-state index in [9.17, 15) is 9.59 Å². The number of ether oxygens (including phenoxy) is 1. The van der Waals surface area contributed by atoms with E-state index in [4.69, 9.17) is 4.42 Å². The maximum atomic E-state index is 11.4. The summed E-state index contributed by atoms with van der Waals surface area (Å²) < 4.78 is 10.2. The van der Waals surface area contributed by atoms with E-state index in [1.165, 1.54) is 7.11 Å². The normalized spacial score (nSPS) is 19.5. The molecule has 0 spiro atoms. The van der Waals surface area contributed by atoms with Crippen molar-refractivity contribution in [2.75, 3.05) is 33.8 Å². The molecule has 1 aliphatic heterocycles. The van der Waals surface area contributed by atoms with E-state index in [2.05, 4.69) is 9.64 Å². The van der Waals surface area contributed by atoms with Gasteiger partial charge in [-0.05, 0) is 38.4 Å². The van der Waals surface area contributed by atoms with E-state index in [0.29, 0.717) is 5.92 Å². The fourth-order valence-corrected chi connectivity index (χ4v) is 2.84. The zero-order valence-corrected chi connectivity index (χ0v) is 13.7. The summed E-state index contributed by atoms with van der Waals surface area (Å²) in [5.41, 5.74) is 0. The Bertz CT molecular complexity index is 540. The van der Waals surface area contributed by atoms with Crippen molar-refractivity contribution in [3.05, 3.63) is 23.7 Å². The van der Waals surface area contributed by atoms with Crippen LogP contribution in [0.2, 0.25) is 0 Å². The molecule has 0 radical (unpaired) electrons. The van der Waals surface area contributed by atoms with Crippen LogP contribution in [0.5, 0.6) is 0 Å². The molecule has 1 aromatic rings. The summed E-state index contributed by atoms with van der Waals surface area (Å²) in [6.07, 6.45) is 1.03. The predicted octanol–water partition coefficient (Wildman–Crippen LogP) is 1.93. The lowest BCUT2D eigenvalue weighted by molar-refractivity contribution is -0.127. The molecule has 0 N–H and O–H groups in total. The van der Waals surface area contributed by atoms with Crippen molar-refractivity contribution in [1.29, 1.82) is 0 Å². The quantitative estimate of drug-likeness (QED) is 0.778. The monoisotopic (exact) mass is 308 g/mol. The molecule has 0 bridgehead atoms. The second-order valence-electron chi connectivity index (χ2n) is 5.93. The number of nitrogens with zero attached hydrogens (tertiary/aromatic N) is 2. The van der Waals surface area contributed by atoms with Gasteiger partial charge in [0.1, 0.15) is 5.76 Å². The molecule has 1 aliphatic rings. The molecule has 22 heavy (non-hydrogen) atoms. The maximum Gasteiger partial charge on any atom is 0.373 e. The third-order valence-corrected chi connectivity index (χ3v) is 4.36. The number of carbonyl (C=O) groups excluding carboxylic acids is 2. The van der Waals surface area contributed by atoms with Gasteiger partial charge in [0.15, 0.2) is 0 Å². The number of methoxy groups -OCH3 is 1. The number of esters is 1. The van der Waals surface area contributed by atoms with Gasteiger partial charge in [-0.25, -0.2) is 4.79 Å². The van der Waals surface area contributed by atoms with E-state index >= 15 is 0 Å². The van der Waals surface area contributed by atoms with Gasteiger partial charge in [0, 0.05) is 26.6 Å². The summed E-state index contributed by atoms with van der Waals surface area (Å²) in [5.74, 6) is 1.12. The lowest BCUT2D eigenvalue weighted by Crippen LogP contribution is -2.31. The zero-order valence-electron chi connectivity index (χ0n) is 13.7. The van der Waals surface area contributed by atoms with Crippen molar-refractivity contribution in [1.82, 2.24) is 9.80 Å². The first kappa shape index (κ1) is 16.5. The molecule has 2 rings (SSSR count). The van der Waals surface area contributed by atoms with Crippen LogP contribution >= 0.6 is 0 Å². The standard InChI is InChI=1S/C16H24N2O4/c1-11(14-5-6-15(22-14)16(20)21-4)17(3)9-13-7-8-18(10-13)12(2)19/h5-6,11,13H,7-10H2,1-4H3/t11-,13+/m1/s1. The van der Waals surface area contributed by atoms with Gasteiger partial charge in [0.2, 0.25) is 11.7 Å². The molecule has 0 unspecified atom stereocenters. The van der Waals surface area contributed by atoms with E-state index in [1.54, 1.807) is 13.0 Å². The lowest BCUT2D eigenvalue weighted by atomic mass is 10.1. The van der Waals surface area contributed by atoms with E-state index < -0.39 is 5.97 Å². The minimum absolute atomic E-state index is 0.0600. The number of hydrogen-bond donors (Lipinski definition) is 0. The van der Waals surface area contributed by atoms with Crippen LogP contribution in [-0.2, 0) is 9.53 Å². The first-order valence-corrected chi connectivity index (χ1v) is 7.56. The van der Waals surface area contributed by atoms with E-state index in [-0.39, 0.29) is 17.7 Å². The second kappa shape index (κ2) is 6.96. The van der Waals surface area contributed by atoms with E-state index in [0.717, 1.165) is 31.8 Å². The average Bonchev–Trinajstić information content (AvgIpc) is 3.14. The average molecular weight is 308 g/mol. The van der Waals surface area contributed by atoms with Crippen LogP contribution in [0.3, 0.4) is 0 Å². The van der Waals surface area contributed by atoms with Crippen molar-refractivity contribution in [3.63, 3.8) is 0 Å². The summed E-state index contributed by atoms with van der Waals surface area (Å²) in [7, 11) is 3.36. The molecule has 0 aliphatic carbocycles. The molecule has 1 aromatic heterocycles. The van der Waals surface area contributed by atoms with Crippen LogP contribution < -0.4 is 0 Å². The third-order valence-electron chi connectivity index (χ3n) is 4.36. The van der Waals surface area contributed by atoms with Gasteiger partial charge in [0.25, 0.3) is 0 Å². The Kier molecular flexibility index (Phi) is 5.24. The van der Waals surface area contributed by atoms with Crippen molar-refractivity contribution >= 4 is 11.9 Å². The van der Waals surface area contributed by atoms with Crippen molar-refractivity contribution < 1.29 is 18.7 Å². The maximum absolute atomic E-state index is 11.4. The highest BCUT2D eigenvalue weighted by Crippen LogP contribution is 2.25. The summed E-state index contributed by atoms with van der Waals surface area (Å²) >= 11 is 0. The SMILES string of the molecule is COC(=O)c1ccc([C@@H](C)N(C)C[C@@H]2CCN(C(C)=O)C2)o1. The van der Waals surface area contributed by atoms with Crippen LogP contribution in [0.4, 0.5) is 0 Å². The molecule has 2 atom stereocenters. The minimum Gasteiger partial charge on any atom is -0.463 e. The molecular formula is C16H24N2O4. The number of carbonyl (C=O) groups is 2. The first-order chi connectivity index (χ1) is 10.4. The molecule has 1 saturated heterocycles. The Balaban J connectivity index is 1.92. The van der Waals surface area contributed by atoms with Gasteiger partial charge in [-0.15, -0.1) is 0 Å². The highest BCUT2D eigenvalue weighted by Gasteiger charge is 2.27. The zero-order chi connectivity index (χ0) is 16.3. The number of likely N-dealkylation sites (tertiary alicyclic amines) is 1. The number of amides is 1. The Morgan fingerprint density at radius 3 is 2.82 bits per heavy atom. The molecule has 1 fully saturated rings. The smallest absolute Gasteiger partial charge is 0.373 e. The van der Waals surface area contributed by atoms with Crippen molar-refractivity contribution in [3.8, 4) is 0 Å². The van der Waals surface area contributed by atoms with Crippen LogP contribution in [0.1, 0.15) is 42.6 Å². The summed E-state index contributed by atoms with van der Waals surface area (Å²) in [5, 5.41) is 0. The Hall–Kier alpha value is -1.82. The van der Waals surface area contributed by atoms with Crippen LogP contribution in [0.15, 0.2) is 16.5 Å². The minimum atomic E-state index is -0.464. The highest BCUT2D eigenvalue weighted by atomic mass is 16.5. The fourth-order valence-electron chi connectivity index (χ4n) is 2.84. The molecule has 1 amide bonds. The van der Waals surface area contributed by atoms with Gasteiger partial charge < -0.3 is 14.1 Å². The van der Waals surface area contributed by atoms with Gasteiger partial charge >= 0.3 is 5.97 Å². The lowest BCUT2D eigenvalue weighted by Gasteiger charge is -2.26. The molecule has 122 valence electrons. The van der Waals surface area contributed by atoms with Gasteiger partial charge in [-0.3, -0.25) is 9.69 Å². The second-order valence-corrected chi connectivity index (χ2v) is 5.93. The summed E-state index contributed by atoms with van der Waals surface area (Å²) in [6.45, 7) is 6.20. The largest absolute Gasteiger partial charge is 0.463 e. The summed E-state index contributed by atoms with van der Waals surface area (Å²) in [4.78, 5) is 26.9. The van der Waals surface area contributed by atoms with Crippen LogP contribution in [0, 0.1) is 5.92 Å². The Morgan fingerprint density at radius 2 is 2.23 bits per heavy atom. The molecular weight excluding hydrogens is 284 g/mol. The molecule has 2 heterocycles. The Morgan fingerprint density at radius 1 is 1.50 bits per heavy atom. The number of furan rings is 1. The molecule has 0 aromatic carbocycles. The topological polar surface area (TPSA) is 63.0 Å².